The number of hydrogen-bond acceptors (Lipinski definition) is 4. The third-order valence-electron chi connectivity index (χ3n) is 2.92. The molecule has 2 aromatic rings. The van der Waals surface area contributed by atoms with Crippen LogP contribution in [0.3, 0.4) is 0 Å². The van der Waals surface area contributed by atoms with Crippen molar-refractivity contribution in [3.8, 4) is 11.3 Å². The third-order valence-corrected chi connectivity index (χ3v) is 3.73. The normalized spacial score (nSPS) is 10.0. The summed E-state index contributed by atoms with van der Waals surface area (Å²) in [5.41, 5.74) is 0.885. The van der Waals surface area contributed by atoms with Crippen LogP contribution in [0.5, 0.6) is 0 Å². The molecule has 8 heteroatoms. The van der Waals surface area contributed by atoms with Crippen molar-refractivity contribution in [2.45, 2.75) is 6.54 Å². The molecule has 0 unspecified atom stereocenters. The van der Waals surface area contributed by atoms with Gasteiger partial charge < -0.3 is 20.2 Å². The van der Waals surface area contributed by atoms with Crippen molar-refractivity contribution < 1.29 is 9.52 Å². The smallest absolute Gasteiger partial charge is 0.135 e. The Hall–Kier alpha value is -0.270. The van der Waals surface area contributed by atoms with Gasteiger partial charge in [0.1, 0.15) is 11.5 Å². The van der Waals surface area contributed by atoms with Crippen molar-refractivity contribution in [2.75, 3.05) is 26.2 Å². The van der Waals surface area contributed by atoms with Gasteiger partial charge in [-0.2, -0.15) is 0 Å². The third kappa shape index (κ3) is 7.44. The van der Waals surface area contributed by atoms with Crippen LogP contribution in [0.2, 0.25) is 5.02 Å². The van der Waals surface area contributed by atoms with Crippen LogP contribution in [-0.4, -0.2) is 31.3 Å². The van der Waals surface area contributed by atoms with Gasteiger partial charge in [0, 0.05) is 29.7 Å². The van der Waals surface area contributed by atoms with Gasteiger partial charge in [-0.3, -0.25) is 0 Å². The molecule has 1 aromatic heterocycles. The second-order valence-electron chi connectivity index (χ2n) is 4.54. The number of benzene rings is 1. The lowest BCUT2D eigenvalue weighted by atomic mass is 10.2. The lowest BCUT2D eigenvalue weighted by Gasteiger charge is -2.04. The standard InChI is InChI=1S/C15H18BrClN2O2.2ClH/c16-11-1-3-13(14(17)9-11)15-4-2-12(21-15)10-19-6-5-18-7-8-20;;/h1-4,9,18-20H,5-8,10H2;2*1H. The fourth-order valence-electron chi connectivity index (χ4n) is 1.90. The molecule has 0 fully saturated rings. The first-order valence-corrected chi connectivity index (χ1v) is 7.94. The summed E-state index contributed by atoms with van der Waals surface area (Å²) in [5.74, 6) is 1.63. The Morgan fingerprint density at radius 1 is 1.04 bits per heavy atom. The molecule has 2 rings (SSSR count). The van der Waals surface area contributed by atoms with Crippen molar-refractivity contribution in [1.29, 1.82) is 0 Å². The van der Waals surface area contributed by atoms with Crippen LogP contribution < -0.4 is 10.6 Å². The first-order valence-electron chi connectivity index (χ1n) is 6.77. The second-order valence-corrected chi connectivity index (χ2v) is 5.86. The number of aliphatic hydroxyl groups excluding tert-OH is 1. The largest absolute Gasteiger partial charge is 0.460 e. The molecule has 23 heavy (non-hydrogen) atoms. The Morgan fingerprint density at radius 3 is 2.48 bits per heavy atom. The van der Waals surface area contributed by atoms with E-state index in [4.69, 9.17) is 21.1 Å². The van der Waals surface area contributed by atoms with E-state index in [1.54, 1.807) is 0 Å². The second kappa shape index (κ2) is 12.1. The first-order chi connectivity index (χ1) is 10.2. The molecule has 0 bridgehead atoms. The molecule has 0 spiro atoms. The van der Waals surface area contributed by atoms with E-state index in [2.05, 4.69) is 26.6 Å². The van der Waals surface area contributed by atoms with Gasteiger partial charge in [-0.25, -0.2) is 0 Å². The Kier molecular flexibility index (Phi) is 12.0. The summed E-state index contributed by atoms with van der Waals surface area (Å²) in [4.78, 5) is 0. The molecule has 0 saturated heterocycles. The summed E-state index contributed by atoms with van der Waals surface area (Å²) < 4.78 is 6.74. The van der Waals surface area contributed by atoms with Crippen LogP contribution in [0.4, 0.5) is 0 Å². The predicted octanol–water partition coefficient (Wildman–Crippen LogP) is 3.88. The van der Waals surface area contributed by atoms with Crippen molar-refractivity contribution in [1.82, 2.24) is 10.6 Å². The highest BCUT2D eigenvalue weighted by atomic mass is 79.9. The van der Waals surface area contributed by atoms with Gasteiger partial charge in [0.15, 0.2) is 0 Å². The van der Waals surface area contributed by atoms with Crippen LogP contribution in [-0.2, 0) is 6.54 Å². The minimum Gasteiger partial charge on any atom is -0.460 e. The molecule has 0 aliphatic rings. The van der Waals surface area contributed by atoms with E-state index in [0.29, 0.717) is 18.1 Å². The van der Waals surface area contributed by atoms with Gasteiger partial charge >= 0.3 is 0 Å². The molecule has 1 heterocycles. The quantitative estimate of drug-likeness (QED) is 0.539. The number of rotatable bonds is 8. The number of hydrogen-bond donors (Lipinski definition) is 3. The summed E-state index contributed by atoms with van der Waals surface area (Å²) >= 11 is 9.60. The van der Waals surface area contributed by atoms with E-state index in [-0.39, 0.29) is 31.4 Å². The zero-order valence-electron chi connectivity index (χ0n) is 12.4. The lowest BCUT2D eigenvalue weighted by Crippen LogP contribution is -2.28. The van der Waals surface area contributed by atoms with E-state index in [1.807, 2.05) is 30.3 Å². The van der Waals surface area contributed by atoms with Crippen molar-refractivity contribution in [3.05, 3.63) is 45.6 Å². The van der Waals surface area contributed by atoms with Crippen LogP contribution in [0.15, 0.2) is 39.2 Å². The number of aliphatic hydroxyl groups is 1. The molecule has 0 atom stereocenters. The Morgan fingerprint density at radius 2 is 1.78 bits per heavy atom. The molecule has 0 radical (unpaired) electrons. The van der Waals surface area contributed by atoms with E-state index < -0.39 is 0 Å². The van der Waals surface area contributed by atoms with Gasteiger partial charge in [0.2, 0.25) is 0 Å². The van der Waals surface area contributed by atoms with Crippen LogP contribution in [0.1, 0.15) is 5.76 Å². The predicted molar refractivity (Wildman–Crippen MR) is 103 cm³/mol. The van der Waals surface area contributed by atoms with E-state index in [1.165, 1.54) is 0 Å². The zero-order valence-corrected chi connectivity index (χ0v) is 16.3. The molecule has 130 valence electrons. The van der Waals surface area contributed by atoms with E-state index in [0.717, 1.165) is 34.6 Å². The Balaban J connectivity index is 0.00000242. The van der Waals surface area contributed by atoms with Gasteiger partial charge in [-0.15, -0.1) is 24.8 Å². The molecular weight excluding hydrogens is 426 g/mol. The fraction of sp³-hybridized carbons (Fsp3) is 0.333. The summed E-state index contributed by atoms with van der Waals surface area (Å²) in [6.45, 7) is 3.07. The van der Waals surface area contributed by atoms with E-state index >= 15 is 0 Å². The monoisotopic (exact) mass is 444 g/mol. The van der Waals surface area contributed by atoms with Crippen LogP contribution in [0.25, 0.3) is 11.3 Å². The van der Waals surface area contributed by atoms with Gasteiger partial charge in [-0.05, 0) is 30.3 Å². The first kappa shape index (κ1) is 22.7. The van der Waals surface area contributed by atoms with Crippen molar-refractivity contribution in [2.24, 2.45) is 0 Å². The molecule has 0 aliphatic carbocycles. The molecule has 4 nitrogen and oxygen atoms in total. The molecular formula is C15H20BrCl3N2O2. The Labute approximate surface area is 161 Å². The van der Waals surface area contributed by atoms with Crippen LogP contribution in [0, 0.1) is 0 Å². The van der Waals surface area contributed by atoms with Crippen molar-refractivity contribution >= 4 is 52.3 Å². The average Bonchev–Trinajstić information content (AvgIpc) is 2.91. The Bertz CT molecular complexity index is 582. The average molecular weight is 447 g/mol. The summed E-state index contributed by atoms with van der Waals surface area (Å²) in [5, 5.41) is 15.7. The SMILES string of the molecule is Cl.Cl.OCCNCCNCc1ccc(-c2ccc(Br)cc2Cl)o1. The number of halogens is 4. The molecule has 0 amide bonds. The minimum absolute atomic E-state index is 0. The maximum Gasteiger partial charge on any atom is 0.135 e. The van der Waals surface area contributed by atoms with Crippen LogP contribution >= 0.6 is 52.3 Å². The minimum atomic E-state index is 0. The molecule has 1 aromatic carbocycles. The summed E-state index contributed by atoms with van der Waals surface area (Å²) in [7, 11) is 0. The maximum absolute atomic E-state index is 8.64. The van der Waals surface area contributed by atoms with Gasteiger partial charge in [0.05, 0.1) is 18.2 Å². The van der Waals surface area contributed by atoms with Gasteiger partial charge in [0.25, 0.3) is 0 Å². The van der Waals surface area contributed by atoms with E-state index in [9.17, 15) is 0 Å². The highest BCUT2D eigenvalue weighted by Crippen LogP contribution is 2.31. The number of furan rings is 1. The lowest BCUT2D eigenvalue weighted by molar-refractivity contribution is 0.292. The fourth-order valence-corrected chi connectivity index (χ4v) is 2.67. The highest BCUT2D eigenvalue weighted by molar-refractivity contribution is 9.10. The van der Waals surface area contributed by atoms with Gasteiger partial charge in [-0.1, -0.05) is 27.5 Å². The molecule has 0 aliphatic heterocycles. The maximum atomic E-state index is 8.64. The summed E-state index contributed by atoms with van der Waals surface area (Å²) in [6.07, 6.45) is 0. The highest BCUT2D eigenvalue weighted by Gasteiger charge is 2.08. The zero-order chi connectivity index (χ0) is 15.1. The summed E-state index contributed by atoms with van der Waals surface area (Å²) in [6, 6.07) is 9.60. The van der Waals surface area contributed by atoms with Crippen molar-refractivity contribution in [3.63, 3.8) is 0 Å². The molecule has 3 N–H and O–H groups in total. The topological polar surface area (TPSA) is 57.4 Å². The number of nitrogens with one attached hydrogen (secondary N) is 2. The molecule has 0 saturated carbocycles.